The van der Waals surface area contributed by atoms with Gasteiger partial charge in [-0.3, -0.25) is 0 Å². The molecule has 0 spiro atoms. The van der Waals surface area contributed by atoms with Gasteiger partial charge in [-0.25, -0.2) is 0 Å². The molecule has 0 aliphatic heterocycles. The zero-order valence-electron chi connectivity index (χ0n) is 11.6. The van der Waals surface area contributed by atoms with E-state index < -0.39 is 17.2 Å². The molecule has 0 saturated heterocycles. The van der Waals surface area contributed by atoms with Crippen molar-refractivity contribution in [2.24, 2.45) is 0 Å². The van der Waals surface area contributed by atoms with Gasteiger partial charge >= 0.3 is 0 Å². The Kier molecular flexibility index (Phi) is 8.15. The largest absolute Gasteiger partial charge is 0.349 e. The molecule has 1 radical (unpaired) electrons. The summed E-state index contributed by atoms with van der Waals surface area (Å²) in [6.07, 6.45) is 3.44. The number of hydrogen-bond acceptors (Lipinski definition) is 3. The summed E-state index contributed by atoms with van der Waals surface area (Å²) in [5, 5.41) is 17.1. The molecule has 0 bridgehead atoms. The average molecular weight is 267 g/mol. The molecule has 0 fully saturated rings. The van der Waals surface area contributed by atoms with Crippen molar-refractivity contribution >= 4 is 17.2 Å². The molecule has 0 aliphatic carbocycles. The molecule has 0 aromatic rings. The van der Waals surface area contributed by atoms with Crippen LogP contribution in [0.5, 0.6) is 0 Å². The Hall–Kier alpha value is -0.626. The molecule has 5 heteroatoms. The molecule has 0 heterocycles. The lowest BCUT2D eigenvalue weighted by molar-refractivity contribution is 0.732. The maximum atomic E-state index is 8.58. The van der Waals surface area contributed by atoms with Crippen LogP contribution in [0.15, 0.2) is 0 Å². The maximum absolute atomic E-state index is 8.58. The van der Waals surface area contributed by atoms with Gasteiger partial charge in [-0.15, -0.1) is 0 Å². The molecule has 17 heavy (non-hydrogen) atoms. The van der Waals surface area contributed by atoms with Crippen LogP contribution in [0.2, 0.25) is 31.7 Å². The fourth-order valence-corrected chi connectivity index (χ4v) is 9.08. The monoisotopic (exact) mass is 266 g/mol. The van der Waals surface area contributed by atoms with Gasteiger partial charge in [0, 0.05) is 12.8 Å². The van der Waals surface area contributed by atoms with Gasteiger partial charge in [0.15, 0.2) is 0 Å². The topological polar surface area (TPSA) is 50.8 Å². The van der Waals surface area contributed by atoms with Crippen molar-refractivity contribution in [1.82, 2.24) is 4.23 Å². The lowest BCUT2D eigenvalue weighted by Gasteiger charge is -2.37. The van der Waals surface area contributed by atoms with Gasteiger partial charge in [-0.05, 0) is 32.0 Å². The van der Waals surface area contributed by atoms with Gasteiger partial charge in [0.25, 0.3) is 0 Å². The van der Waals surface area contributed by atoms with Crippen LogP contribution >= 0.6 is 0 Å². The molecule has 0 aromatic carbocycles. The van der Waals surface area contributed by atoms with Gasteiger partial charge in [0.1, 0.15) is 17.2 Å². The molecule has 0 unspecified atom stereocenters. The van der Waals surface area contributed by atoms with E-state index in [9.17, 15) is 0 Å². The van der Waals surface area contributed by atoms with Crippen LogP contribution in [0.1, 0.15) is 25.7 Å². The van der Waals surface area contributed by atoms with E-state index in [2.05, 4.69) is 43.1 Å². The van der Waals surface area contributed by atoms with E-state index in [0.29, 0.717) is 12.8 Å². The first-order valence-corrected chi connectivity index (χ1v) is 11.6. The first kappa shape index (κ1) is 16.4. The average Bonchev–Trinajstić information content (AvgIpc) is 2.28. The Morgan fingerprint density at radius 1 is 1.12 bits per heavy atom. The second-order valence-electron chi connectivity index (χ2n) is 5.13. The molecule has 0 rings (SSSR count). The highest BCUT2D eigenvalue weighted by atomic mass is 28.4. The lowest BCUT2D eigenvalue weighted by Crippen LogP contribution is -2.52. The first-order valence-electron chi connectivity index (χ1n) is 6.26. The van der Waals surface area contributed by atoms with Gasteiger partial charge in [-0.1, -0.05) is 19.6 Å². The molecular weight excluding hydrogens is 242 g/mol. The first-order chi connectivity index (χ1) is 7.95. The summed E-state index contributed by atoms with van der Waals surface area (Å²) in [5.41, 5.74) is 0. The van der Waals surface area contributed by atoms with Crippen molar-refractivity contribution in [1.29, 1.82) is 10.5 Å². The number of rotatable bonds is 8. The highest BCUT2D eigenvalue weighted by Gasteiger charge is 2.29. The Bertz CT molecular complexity index is 291. The van der Waals surface area contributed by atoms with Gasteiger partial charge in [0.2, 0.25) is 0 Å². The summed E-state index contributed by atoms with van der Waals surface area (Å²) in [6.45, 7) is 7.13. The summed E-state index contributed by atoms with van der Waals surface area (Å²) < 4.78 is 2.62. The zero-order chi connectivity index (χ0) is 13.3. The Labute approximate surface area is 109 Å². The lowest BCUT2D eigenvalue weighted by atomic mass is 10.4. The van der Waals surface area contributed by atoms with E-state index in [1.807, 2.05) is 0 Å². The van der Waals surface area contributed by atoms with Crippen molar-refractivity contribution < 1.29 is 0 Å². The Morgan fingerprint density at radius 2 is 1.65 bits per heavy atom. The molecule has 0 saturated carbocycles. The van der Waals surface area contributed by atoms with Crippen LogP contribution < -0.4 is 0 Å². The molecule has 0 aliphatic rings. The van der Waals surface area contributed by atoms with Gasteiger partial charge in [0.05, 0.1) is 12.1 Å². The SMILES string of the molecule is CN([Si](C)CCCC#N)[Si](C)(C)CCCC#N. The van der Waals surface area contributed by atoms with E-state index >= 15 is 0 Å². The Morgan fingerprint density at radius 3 is 2.18 bits per heavy atom. The third-order valence-electron chi connectivity index (χ3n) is 3.38. The molecule has 3 nitrogen and oxygen atoms in total. The van der Waals surface area contributed by atoms with Crippen LogP contribution in [-0.4, -0.2) is 28.5 Å². The predicted molar refractivity (Wildman–Crippen MR) is 76.2 cm³/mol. The van der Waals surface area contributed by atoms with E-state index in [1.165, 1.54) is 12.1 Å². The van der Waals surface area contributed by atoms with Crippen molar-refractivity contribution in [3.05, 3.63) is 0 Å². The second kappa shape index (κ2) is 8.46. The van der Waals surface area contributed by atoms with Crippen LogP contribution in [0.3, 0.4) is 0 Å². The minimum Gasteiger partial charge on any atom is -0.349 e. The van der Waals surface area contributed by atoms with Crippen molar-refractivity contribution in [3.63, 3.8) is 0 Å². The summed E-state index contributed by atoms with van der Waals surface area (Å²) in [4.78, 5) is 0. The molecule has 0 amide bonds. The predicted octanol–water partition coefficient (Wildman–Crippen LogP) is 3.35. The highest BCUT2D eigenvalue weighted by molar-refractivity contribution is 6.83. The minimum atomic E-state index is -1.32. The molecule has 0 atom stereocenters. The molecule has 0 aromatic heterocycles. The minimum absolute atomic E-state index is 0.472. The highest BCUT2D eigenvalue weighted by Crippen LogP contribution is 2.20. The number of nitriles is 2. The van der Waals surface area contributed by atoms with E-state index in [-0.39, 0.29) is 0 Å². The maximum Gasteiger partial charge on any atom is 0.125 e. The van der Waals surface area contributed by atoms with Crippen molar-refractivity contribution in [3.8, 4) is 12.1 Å². The van der Waals surface area contributed by atoms with Crippen molar-refractivity contribution in [2.45, 2.75) is 57.4 Å². The van der Waals surface area contributed by atoms with E-state index in [1.54, 1.807) is 0 Å². The van der Waals surface area contributed by atoms with Gasteiger partial charge in [-0.2, -0.15) is 10.5 Å². The summed E-state index contributed by atoms with van der Waals surface area (Å²) in [5.74, 6) is 0. The third kappa shape index (κ3) is 6.62. The van der Waals surface area contributed by atoms with Crippen LogP contribution in [0.25, 0.3) is 0 Å². The molecule has 0 N–H and O–H groups in total. The van der Waals surface area contributed by atoms with Gasteiger partial charge < -0.3 is 4.23 Å². The van der Waals surface area contributed by atoms with E-state index in [4.69, 9.17) is 10.5 Å². The summed E-state index contributed by atoms with van der Waals surface area (Å²) in [6, 6.07) is 6.85. The summed E-state index contributed by atoms with van der Waals surface area (Å²) >= 11 is 0. The smallest absolute Gasteiger partial charge is 0.125 e. The number of hydrogen-bond donors (Lipinski definition) is 0. The normalized spacial score (nSPS) is 11.5. The third-order valence-corrected chi connectivity index (χ3v) is 12.0. The number of unbranched alkanes of at least 4 members (excludes halogenated alkanes) is 2. The zero-order valence-corrected chi connectivity index (χ0v) is 13.6. The standard InChI is InChI=1S/C12H24N3Si2/c1-15(16(2)11-7-5-9-13)17(3,4)12-8-6-10-14/h5-8,11-12H2,1-4H3. The van der Waals surface area contributed by atoms with Crippen LogP contribution in [0, 0.1) is 22.7 Å². The molecular formula is C12H24N3Si2. The fraction of sp³-hybridized carbons (Fsp3) is 0.833. The molecule has 95 valence electrons. The van der Waals surface area contributed by atoms with Crippen molar-refractivity contribution in [2.75, 3.05) is 7.05 Å². The van der Waals surface area contributed by atoms with Crippen LogP contribution in [0.4, 0.5) is 0 Å². The van der Waals surface area contributed by atoms with E-state index in [0.717, 1.165) is 12.8 Å². The quantitative estimate of drug-likeness (QED) is 0.500. The van der Waals surface area contributed by atoms with Crippen LogP contribution in [-0.2, 0) is 0 Å². The number of nitrogens with zero attached hydrogens (tertiary/aromatic N) is 3. The summed E-state index contributed by atoms with van der Waals surface area (Å²) in [7, 11) is 0.454. The Balaban J connectivity index is 4.12. The second-order valence-corrected chi connectivity index (χ2v) is 13.0. The fourth-order valence-electron chi connectivity index (χ4n) is 1.88.